The summed E-state index contributed by atoms with van der Waals surface area (Å²) in [4.78, 5) is 19.7. The molecule has 1 heterocycles. The van der Waals surface area contributed by atoms with Crippen molar-refractivity contribution in [1.29, 1.82) is 5.26 Å². The molecule has 1 aliphatic heterocycles. The number of aliphatic imine (C=N–C) groups is 1. The van der Waals surface area contributed by atoms with Gasteiger partial charge >= 0.3 is 0 Å². The van der Waals surface area contributed by atoms with E-state index in [1.54, 1.807) is 4.90 Å². The molecular weight excluding hydrogens is 474 g/mol. The Kier molecular flexibility index (Phi) is 7.16. The number of amidine groups is 1. The average Bonchev–Trinajstić information content (AvgIpc) is 3.13. The third kappa shape index (κ3) is 5.30. The number of nitrogens with zero attached hydrogens (tertiary/aromatic N) is 3. The van der Waals surface area contributed by atoms with Crippen LogP contribution in [-0.4, -0.2) is 16.6 Å². The van der Waals surface area contributed by atoms with Gasteiger partial charge in [-0.25, -0.2) is 4.99 Å². The highest BCUT2D eigenvalue weighted by Crippen LogP contribution is 2.26. The smallest absolute Gasteiger partial charge is 0.278 e. The monoisotopic (exact) mass is 497 g/mol. The lowest BCUT2D eigenvalue weighted by molar-refractivity contribution is -0.123. The van der Waals surface area contributed by atoms with Gasteiger partial charge in [0, 0.05) is 10.9 Å². The summed E-state index contributed by atoms with van der Waals surface area (Å²) in [7, 11) is 0. The molecule has 0 aromatic heterocycles. The molecule has 4 nitrogen and oxygen atoms in total. The number of rotatable bonds is 7. The van der Waals surface area contributed by atoms with Crippen molar-refractivity contribution >= 4 is 33.7 Å². The number of halogens is 1. The second-order valence-corrected chi connectivity index (χ2v) is 8.87. The van der Waals surface area contributed by atoms with Crippen molar-refractivity contribution in [1.82, 2.24) is 4.90 Å². The van der Waals surface area contributed by atoms with Crippen molar-refractivity contribution in [3.8, 4) is 17.2 Å². The van der Waals surface area contributed by atoms with Crippen LogP contribution in [0, 0.1) is 11.3 Å². The first-order valence-corrected chi connectivity index (χ1v) is 11.8. The molecule has 0 spiro atoms. The van der Waals surface area contributed by atoms with Crippen LogP contribution in [0.25, 0.3) is 17.2 Å². The lowest BCUT2D eigenvalue weighted by Crippen LogP contribution is -2.31. The van der Waals surface area contributed by atoms with E-state index >= 15 is 0 Å². The predicted molar refractivity (Wildman–Crippen MR) is 136 cm³/mol. The minimum Gasteiger partial charge on any atom is -0.290 e. The maximum Gasteiger partial charge on any atom is 0.278 e. The summed E-state index contributed by atoms with van der Waals surface area (Å²) in [5.74, 6) is 0.757. The Hall–Kier alpha value is -3.49. The van der Waals surface area contributed by atoms with Crippen LogP contribution in [0.1, 0.15) is 42.9 Å². The molecule has 0 bridgehead atoms. The van der Waals surface area contributed by atoms with E-state index in [0.29, 0.717) is 17.8 Å². The molecule has 5 heteroatoms. The van der Waals surface area contributed by atoms with Gasteiger partial charge in [-0.05, 0) is 52.9 Å². The zero-order chi connectivity index (χ0) is 23.2. The van der Waals surface area contributed by atoms with Gasteiger partial charge in [-0.15, -0.1) is 0 Å². The molecule has 0 N–H and O–H groups in total. The maximum absolute atomic E-state index is 13.2. The lowest BCUT2D eigenvalue weighted by Gasteiger charge is -2.18. The molecule has 3 aromatic carbocycles. The first-order valence-electron chi connectivity index (χ1n) is 11.0. The van der Waals surface area contributed by atoms with Crippen molar-refractivity contribution in [2.75, 3.05) is 0 Å². The summed E-state index contributed by atoms with van der Waals surface area (Å²) in [5.41, 5.74) is 4.99. The second kappa shape index (κ2) is 10.4. The number of carbonyl (C=O) groups excluding carboxylic acids is 1. The fraction of sp³-hybridized carbons (Fsp3) is 0.179. The standard InChI is InChI=1S/C28H24BrN3O/c1-2-3-8-27-31-26(17-20-11-15-24(29)16-12-20)28(33)32(27)19-21-9-13-22(14-10-21)25-7-5-4-6-23(25)18-30/h4-7,9-17H,2-3,8,19H2,1H3/b26-17-. The van der Waals surface area contributed by atoms with Gasteiger partial charge in [0.15, 0.2) is 0 Å². The fourth-order valence-corrected chi connectivity index (χ4v) is 4.07. The molecule has 0 aliphatic carbocycles. The molecule has 0 radical (unpaired) electrons. The molecule has 1 amide bonds. The number of unbranched alkanes of at least 4 members (excludes halogenated alkanes) is 1. The Morgan fingerprint density at radius 3 is 2.45 bits per heavy atom. The highest BCUT2D eigenvalue weighted by atomic mass is 79.9. The number of hydrogen-bond donors (Lipinski definition) is 0. The van der Waals surface area contributed by atoms with Crippen LogP contribution in [0.3, 0.4) is 0 Å². The Morgan fingerprint density at radius 2 is 1.76 bits per heavy atom. The average molecular weight is 498 g/mol. The van der Waals surface area contributed by atoms with Crippen LogP contribution in [0.5, 0.6) is 0 Å². The summed E-state index contributed by atoms with van der Waals surface area (Å²) in [5, 5.41) is 9.38. The summed E-state index contributed by atoms with van der Waals surface area (Å²) < 4.78 is 0.997. The summed E-state index contributed by atoms with van der Waals surface area (Å²) in [6.45, 7) is 2.61. The summed E-state index contributed by atoms with van der Waals surface area (Å²) in [6.07, 6.45) is 4.65. The van der Waals surface area contributed by atoms with Gasteiger partial charge in [0.25, 0.3) is 5.91 Å². The lowest BCUT2D eigenvalue weighted by atomic mass is 9.99. The van der Waals surface area contributed by atoms with Gasteiger partial charge in [-0.2, -0.15) is 5.26 Å². The van der Waals surface area contributed by atoms with Crippen LogP contribution in [0.4, 0.5) is 0 Å². The summed E-state index contributed by atoms with van der Waals surface area (Å²) in [6, 6.07) is 25.7. The van der Waals surface area contributed by atoms with E-state index in [0.717, 1.165) is 51.8 Å². The Morgan fingerprint density at radius 1 is 1.03 bits per heavy atom. The molecule has 4 rings (SSSR count). The fourth-order valence-electron chi connectivity index (χ4n) is 3.81. The topological polar surface area (TPSA) is 56.5 Å². The molecule has 0 unspecified atom stereocenters. The van der Waals surface area contributed by atoms with Gasteiger partial charge in [-0.1, -0.05) is 83.9 Å². The molecule has 33 heavy (non-hydrogen) atoms. The molecule has 0 saturated heterocycles. The number of amides is 1. The highest BCUT2D eigenvalue weighted by molar-refractivity contribution is 9.10. The first-order chi connectivity index (χ1) is 16.1. The number of benzene rings is 3. The number of carbonyl (C=O) groups is 1. The predicted octanol–water partition coefficient (Wildman–Crippen LogP) is 6.96. The summed E-state index contributed by atoms with van der Waals surface area (Å²) >= 11 is 3.44. The van der Waals surface area contributed by atoms with E-state index < -0.39 is 0 Å². The maximum atomic E-state index is 13.2. The van der Waals surface area contributed by atoms with Crippen molar-refractivity contribution in [3.05, 3.63) is 99.7 Å². The third-order valence-corrected chi connectivity index (χ3v) is 6.13. The molecule has 1 aliphatic rings. The van der Waals surface area contributed by atoms with E-state index in [1.807, 2.05) is 78.9 Å². The molecule has 164 valence electrons. The zero-order valence-corrected chi connectivity index (χ0v) is 20.0. The quantitative estimate of drug-likeness (QED) is 0.331. The number of hydrogen-bond acceptors (Lipinski definition) is 3. The molecule has 0 saturated carbocycles. The van der Waals surface area contributed by atoms with Crippen LogP contribution in [0.2, 0.25) is 0 Å². The molecule has 0 fully saturated rings. The Labute approximate surface area is 203 Å². The van der Waals surface area contributed by atoms with Crippen LogP contribution in [0.15, 0.2) is 88.0 Å². The van der Waals surface area contributed by atoms with E-state index in [4.69, 9.17) is 4.99 Å². The normalized spacial score (nSPS) is 14.5. The van der Waals surface area contributed by atoms with Gasteiger partial charge in [0.05, 0.1) is 18.2 Å². The third-order valence-electron chi connectivity index (χ3n) is 5.61. The largest absolute Gasteiger partial charge is 0.290 e. The van der Waals surface area contributed by atoms with Gasteiger partial charge in [0.1, 0.15) is 11.5 Å². The van der Waals surface area contributed by atoms with E-state index in [9.17, 15) is 10.1 Å². The SMILES string of the molecule is CCCCC1=N/C(=C\c2ccc(Br)cc2)C(=O)N1Cc1ccc(-c2ccccc2C#N)cc1. The molecule has 0 atom stereocenters. The van der Waals surface area contributed by atoms with Gasteiger partial charge in [-0.3, -0.25) is 9.69 Å². The zero-order valence-electron chi connectivity index (χ0n) is 18.5. The van der Waals surface area contributed by atoms with Crippen molar-refractivity contribution < 1.29 is 4.79 Å². The van der Waals surface area contributed by atoms with Gasteiger partial charge < -0.3 is 0 Å². The van der Waals surface area contributed by atoms with Crippen LogP contribution in [-0.2, 0) is 11.3 Å². The Balaban J connectivity index is 1.57. The first kappa shape index (κ1) is 22.7. The minimum atomic E-state index is -0.0667. The highest BCUT2D eigenvalue weighted by Gasteiger charge is 2.29. The number of nitriles is 1. The van der Waals surface area contributed by atoms with Crippen LogP contribution < -0.4 is 0 Å². The van der Waals surface area contributed by atoms with E-state index in [-0.39, 0.29) is 5.91 Å². The van der Waals surface area contributed by atoms with E-state index in [1.165, 1.54) is 0 Å². The second-order valence-electron chi connectivity index (χ2n) is 7.96. The molecular formula is C28H24BrN3O. The Bertz CT molecular complexity index is 1250. The minimum absolute atomic E-state index is 0.0667. The van der Waals surface area contributed by atoms with Crippen molar-refractivity contribution in [2.24, 2.45) is 4.99 Å². The van der Waals surface area contributed by atoms with Crippen molar-refractivity contribution in [3.63, 3.8) is 0 Å². The van der Waals surface area contributed by atoms with E-state index in [2.05, 4.69) is 28.9 Å². The van der Waals surface area contributed by atoms with Crippen LogP contribution >= 0.6 is 15.9 Å². The van der Waals surface area contributed by atoms with Crippen molar-refractivity contribution in [2.45, 2.75) is 32.7 Å². The molecule has 3 aromatic rings. The van der Waals surface area contributed by atoms with Gasteiger partial charge in [0.2, 0.25) is 0 Å².